The number of nitrogens with zero attached hydrogens (tertiary/aromatic N) is 3. The predicted octanol–water partition coefficient (Wildman–Crippen LogP) is 2.89. The van der Waals surface area contributed by atoms with Crippen LogP contribution in [0.5, 0.6) is 0 Å². The van der Waals surface area contributed by atoms with Gasteiger partial charge >= 0.3 is 0 Å². The smallest absolute Gasteiger partial charge is 0.126 e. The molecule has 1 fully saturated rings. The molecule has 1 aliphatic heterocycles. The van der Waals surface area contributed by atoms with Crippen molar-refractivity contribution in [3.05, 3.63) is 30.1 Å². The van der Waals surface area contributed by atoms with Crippen molar-refractivity contribution in [3.8, 4) is 0 Å². The van der Waals surface area contributed by atoms with Crippen molar-refractivity contribution in [2.75, 3.05) is 31.6 Å². The van der Waals surface area contributed by atoms with Crippen LogP contribution in [0.1, 0.15) is 31.1 Å². The highest BCUT2D eigenvalue weighted by Gasteiger charge is 2.18. The molecule has 1 atom stereocenters. The number of likely N-dealkylation sites (tertiary alicyclic amines) is 1. The van der Waals surface area contributed by atoms with Gasteiger partial charge in [-0.1, -0.05) is 12.1 Å². The maximum atomic E-state index is 6.42. The first-order valence-electron chi connectivity index (χ1n) is 8.21. The molecule has 0 spiro atoms. The van der Waals surface area contributed by atoms with Crippen molar-refractivity contribution >= 4 is 22.8 Å². The van der Waals surface area contributed by atoms with E-state index in [4.69, 9.17) is 10.7 Å². The molecule has 22 heavy (non-hydrogen) atoms. The number of hydrogen-bond donors (Lipinski definition) is 1. The topological polar surface area (TPSA) is 47.1 Å². The molecule has 2 aromatic rings. The molecule has 0 aliphatic carbocycles. The van der Waals surface area contributed by atoms with Gasteiger partial charge in [-0.05, 0) is 56.5 Å². The van der Waals surface area contributed by atoms with E-state index in [0.717, 1.165) is 36.6 Å². The van der Waals surface area contributed by atoms with Gasteiger partial charge in [0.25, 0.3) is 0 Å². The van der Waals surface area contributed by atoms with Crippen LogP contribution in [0.2, 0.25) is 0 Å². The zero-order valence-corrected chi connectivity index (χ0v) is 14.2. The number of para-hydroxylation sites is 2. The number of imidazole rings is 1. The lowest BCUT2D eigenvalue weighted by Crippen LogP contribution is -2.26. The van der Waals surface area contributed by atoms with Crippen molar-refractivity contribution in [1.82, 2.24) is 14.5 Å². The fourth-order valence-corrected chi connectivity index (χ4v) is 3.72. The Kier molecular flexibility index (Phi) is 5.39. The Morgan fingerprint density at radius 3 is 2.77 bits per heavy atom. The standard InChI is InChI=1S/C17H26N4S/c1-22-13-8-14(18)17-19-15-6-2-3-7-16(15)21(17)12-11-20-9-4-5-10-20/h2-3,6-7,14H,4-5,8-13,18H2,1H3. The van der Waals surface area contributed by atoms with Crippen LogP contribution in [0.4, 0.5) is 0 Å². The highest BCUT2D eigenvalue weighted by atomic mass is 32.2. The summed E-state index contributed by atoms with van der Waals surface area (Å²) in [4.78, 5) is 7.37. The Morgan fingerprint density at radius 1 is 1.23 bits per heavy atom. The molecular weight excluding hydrogens is 292 g/mol. The number of rotatable bonds is 7. The fourth-order valence-electron chi connectivity index (χ4n) is 3.23. The zero-order valence-electron chi connectivity index (χ0n) is 13.4. The first-order valence-corrected chi connectivity index (χ1v) is 9.61. The molecule has 120 valence electrons. The molecule has 1 aromatic heterocycles. The summed E-state index contributed by atoms with van der Waals surface area (Å²) in [7, 11) is 0. The SMILES string of the molecule is CSCCC(N)c1nc2ccccc2n1CCN1CCCC1. The van der Waals surface area contributed by atoms with E-state index in [2.05, 4.69) is 40.0 Å². The summed E-state index contributed by atoms with van der Waals surface area (Å²) in [6.07, 6.45) is 5.78. The first kappa shape index (κ1) is 15.8. The number of hydrogen-bond acceptors (Lipinski definition) is 4. The minimum Gasteiger partial charge on any atom is -0.325 e. The lowest BCUT2D eigenvalue weighted by atomic mass is 10.2. The molecule has 1 saturated heterocycles. The number of thioether (sulfide) groups is 1. The van der Waals surface area contributed by atoms with Crippen LogP contribution in [0.3, 0.4) is 0 Å². The summed E-state index contributed by atoms with van der Waals surface area (Å²) >= 11 is 1.85. The average Bonchev–Trinajstić information content (AvgIpc) is 3.17. The number of nitrogens with two attached hydrogens (primary N) is 1. The summed E-state index contributed by atoms with van der Waals surface area (Å²) in [5, 5.41) is 0. The van der Waals surface area contributed by atoms with Crippen LogP contribution in [0.25, 0.3) is 11.0 Å². The van der Waals surface area contributed by atoms with Crippen LogP contribution in [0.15, 0.2) is 24.3 Å². The van der Waals surface area contributed by atoms with Gasteiger partial charge in [0.2, 0.25) is 0 Å². The van der Waals surface area contributed by atoms with E-state index in [1.807, 2.05) is 11.8 Å². The molecule has 0 bridgehead atoms. The Balaban J connectivity index is 1.83. The molecular formula is C17H26N4S. The molecule has 5 heteroatoms. The fraction of sp³-hybridized carbons (Fsp3) is 0.588. The van der Waals surface area contributed by atoms with Crippen LogP contribution in [-0.2, 0) is 6.54 Å². The summed E-state index contributed by atoms with van der Waals surface area (Å²) in [5.74, 6) is 2.13. The van der Waals surface area contributed by atoms with E-state index < -0.39 is 0 Å². The number of aromatic nitrogens is 2. The second-order valence-electron chi connectivity index (χ2n) is 6.05. The normalized spacial score (nSPS) is 17.4. The highest BCUT2D eigenvalue weighted by Crippen LogP contribution is 2.22. The zero-order chi connectivity index (χ0) is 15.4. The van der Waals surface area contributed by atoms with E-state index >= 15 is 0 Å². The number of benzene rings is 1. The third kappa shape index (κ3) is 3.47. The quantitative estimate of drug-likeness (QED) is 0.853. The molecule has 2 N–H and O–H groups in total. The summed E-state index contributed by atoms with van der Waals surface area (Å²) in [5.41, 5.74) is 8.71. The van der Waals surface area contributed by atoms with Crippen LogP contribution >= 0.6 is 11.8 Å². The Bertz CT molecular complexity index is 604. The van der Waals surface area contributed by atoms with E-state index in [1.165, 1.54) is 31.4 Å². The molecule has 2 heterocycles. The van der Waals surface area contributed by atoms with Gasteiger partial charge < -0.3 is 15.2 Å². The molecule has 3 rings (SSSR count). The third-order valence-electron chi connectivity index (χ3n) is 4.49. The predicted molar refractivity (Wildman–Crippen MR) is 95.3 cm³/mol. The molecule has 1 aromatic carbocycles. The monoisotopic (exact) mass is 318 g/mol. The molecule has 1 unspecified atom stereocenters. The van der Waals surface area contributed by atoms with E-state index in [1.54, 1.807) is 0 Å². The minimum atomic E-state index is 0.0263. The van der Waals surface area contributed by atoms with Crippen molar-refractivity contribution < 1.29 is 0 Å². The lowest BCUT2D eigenvalue weighted by Gasteiger charge is -2.18. The van der Waals surface area contributed by atoms with Crippen molar-refractivity contribution in [3.63, 3.8) is 0 Å². The Morgan fingerprint density at radius 2 is 2.00 bits per heavy atom. The molecule has 0 amide bonds. The van der Waals surface area contributed by atoms with E-state index in [0.29, 0.717) is 0 Å². The Hall–Kier alpha value is -1.04. The van der Waals surface area contributed by atoms with Gasteiger partial charge in [0.1, 0.15) is 5.82 Å². The summed E-state index contributed by atoms with van der Waals surface area (Å²) in [6, 6.07) is 8.42. The molecule has 1 aliphatic rings. The molecule has 0 saturated carbocycles. The maximum absolute atomic E-state index is 6.42. The minimum absolute atomic E-state index is 0.0263. The van der Waals surface area contributed by atoms with Gasteiger partial charge in [0.05, 0.1) is 17.1 Å². The summed E-state index contributed by atoms with van der Waals surface area (Å²) in [6.45, 7) is 4.56. The molecule has 0 radical (unpaired) electrons. The third-order valence-corrected chi connectivity index (χ3v) is 5.13. The van der Waals surface area contributed by atoms with Crippen LogP contribution < -0.4 is 5.73 Å². The van der Waals surface area contributed by atoms with E-state index in [-0.39, 0.29) is 6.04 Å². The lowest BCUT2D eigenvalue weighted by molar-refractivity contribution is 0.321. The largest absolute Gasteiger partial charge is 0.325 e. The van der Waals surface area contributed by atoms with Gasteiger partial charge in [0.15, 0.2) is 0 Å². The first-order chi connectivity index (χ1) is 10.8. The second-order valence-corrected chi connectivity index (χ2v) is 7.03. The number of fused-ring (bicyclic) bond motifs is 1. The van der Waals surface area contributed by atoms with Gasteiger partial charge in [0, 0.05) is 13.1 Å². The van der Waals surface area contributed by atoms with Crippen LogP contribution in [-0.4, -0.2) is 46.1 Å². The average molecular weight is 318 g/mol. The van der Waals surface area contributed by atoms with Gasteiger partial charge in [-0.3, -0.25) is 0 Å². The van der Waals surface area contributed by atoms with E-state index in [9.17, 15) is 0 Å². The molecule has 4 nitrogen and oxygen atoms in total. The van der Waals surface area contributed by atoms with Crippen molar-refractivity contribution in [1.29, 1.82) is 0 Å². The van der Waals surface area contributed by atoms with Crippen molar-refractivity contribution in [2.45, 2.75) is 31.8 Å². The van der Waals surface area contributed by atoms with Gasteiger partial charge in [-0.2, -0.15) is 11.8 Å². The van der Waals surface area contributed by atoms with Gasteiger partial charge in [-0.15, -0.1) is 0 Å². The Labute approximate surface area is 137 Å². The van der Waals surface area contributed by atoms with Gasteiger partial charge in [-0.25, -0.2) is 4.98 Å². The maximum Gasteiger partial charge on any atom is 0.126 e. The highest BCUT2D eigenvalue weighted by molar-refractivity contribution is 7.98. The summed E-state index contributed by atoms with van der Waals surface area (Å²) < 4.78 is 2.35. The second kappa shape index (κ2) is 7.49. The van der Waals surface area contributed by atoms with Crippen LogP contribution in [0, 0.1) is 0 Å². The van der Waals surface area contributed by atoms with Crippen molar-refractivity contribution in [2.24, 2.45) is 5.73 Å².